The van der Waals surface area contributed by atoms with Crippen LogP contribution in [0.5, 0.6) is 5.88 Å². The van der Waals surface area contributed by atoms with Crippen molar-refractivity contribution < 1.29 is 14.3 Å². The molecule has 28 heavy (non-hydrogen) atoms. The number of fused-ring (bicyclic) bond motifs is 4. The van der Waals surface area contributed by atoms with Crippen LogP contribution in [-0.2, 0) is 21.4 Å². The predicted octanol–water partition coefficient (Wildman–Crippen LogP) is 0.566. The van der Waals surface area contributed by atoms with Crippen molar-refractivity contribution in [2.45, 2.75) is 25.2 Å². The molecule has 9 heteroatoms. The standard InChI is InChI=1S/C19H18N6O3/c1-2-5-12-15-17(24-23-12)28-16(22)11(8-20)19(15)10-6-3-4-7-13(10)25(18(19)27)9-14(21)26/h3-4,6-7H,2,5,9,22H2,1H3,(H2,21,26)(H,23,24)/t19-/m0/s1. The number of nitrogens with two attached hydrogens (primary N) is 2. The minimum Gasteiger partial charge on any atom is -0.420 e. The summed E-state index contributed by atoms with van der Waals surface area (Å²) in [6.07, 6.45) is 1.38. The van der Waals surface area contributed by atoms with E-state index < -0.39 is 17.2 Å². The quantitative estimate of drug-likeness (QED) is 0.707. The molecule has 0 saturated heterocycles. The zero-order valence-corrected chi connectivity index (χ0v) is 15.2. The highest BCUT2D eigenvalue weighted by atomic mass is 16.5. The highest BCUT2D eigenvalue weighted by Gasteiger charge is 2.61. The number of nitrogens with one attached hydrogen (secondary N) is 1. The number of aromatic amines is 1. The van der Waals surface area contributed by atoms with Gasteiger partial charge in [0.1, 0.15) is 23.6 Å². The molecule has 2 aliphatic rings. The van der Waals surface area contributed by atoms with Crippen LogP contribution in [0.1, 0.15) is 30.2 Å². The van der Waals surface area contributed by atoms with Gasteiger partial charge in [0, 0.05) is 16.9 Å². The van der Waals surface area contributed by atoms with E-state index in [1.165, 1.54) is 4.90 Å². The number of anilines is 1. The Balaban J connectivity index is 2.10. The van der Waals surface area contributed by atoms with Crippen molar-refractivity contribution in [3.63, 3.8) is 0 Å². The van der Waals surface area contributed by atoms with Crippen molar-refractivity contribution in [2.24, 2.45) is 11.5 Å². The van der Waals surface area contributed by atoms with Gasteiger partial charge in [-0.05, 0) is 12.5 Å². The number of amides is 2. The first-order chi connectivity index (χ1) is 13.5. The number of hydrogen-bond donors (Lipinski definition) is 3. The Hall–Kier alpha value is -3.80. The number of primary amides is 1. The molecule has 0 saturated carbocycles. The molecule has 1 aromatic heterocycles. The molecule has 0 radical (unpaired) electrons. The normalized spacial score (nSPS) is 20.0. The first-order valence-electron chi connectivity index (χ1n) is 8.82. The lowest BCUT2D eigenvalue weighted by atomic mass is 9.68. The number of rotatable bonds is 4. The number of aryl methyl sites for hydroxylation is 1. The van der Waals surface area contributed by atoms with Crippen LogP contribution in [0.3, 0.4) is 0 Å². The molecular formula is C19H18N6O3. The highest BCUT2D eigenvalue weighted by molar-refractivity contribution is 6.16. The predicted molar refractivity (Wildman–Crippen MR) is 98.8 cm³/mol. The molecule has 0 bridgehead atoms. The molecule has 2 amide bonds. The molecule has 2 aromatic rings. The van der Waals surface area contributed by atoms with E-state index in [4.69, 9.17) is 16.2 Å². The Bertz CT molecular complexity index is 1080. The number of hydrogen-bond acceptors (Lipinski definition) is 6. The summed E-state index contributed by atoms with van der Waals surface area (Å²) in [5, 5.41) is 17.0. The molecule has 9 nitrogen and oxygen atoms in total. The Morgan fingerprint density at radius 2 is 2.18 bits per heavy atom. The summed E-state index contributed by atoms with van der Waals surface area (Å²) >= 11 is 0. The molecule has 0 fully saturated rings. The fourth-order valence-corrected chi connectivity index (χ4v) is 4.10. The van der Waals surface area contributed by atoms with Gasteiger partial charge in [0.15, 0.2) is 0 Å². The number of H-pyrrole nitrogens is 1. The number of nitriles is 1. The molecule has 3 heterocycles. The second-order valence-corrected chi connectivity index (χ2v) is 6.71. The van der Waals surface area contributed by atoms with Crippen LogP contribution >= 0.6 is 0 Å². The van der Waals surface area contributed by atoms with Crippen molar-refractivity contribution in [1.29, 1.82) is 5.26 Å². The zero-order valence-electron chi connectivity index (χ0n) is 15.2. The minimum absolute atomic E-state index is 0.0248. The molecule has 142 valence electrons. The second kappa shape index (κ2) is 6.13. The van der Waals surface area contributed by atoms with Gasteiger partial charge < -0.3 is 21.1 Å². The van der Waals surface area contributed by atoms with Crippen LogP contribution in [0, 0.1) is 11.3 Å². The maximum atomic E-state index is 13.8. The van der Waals surface area contributed by atoms with Crippen molar-refractivity contribution in [1.82, 2.24) is 10.2 Å². The van der Waals surface area contributed by atoms with E-state index in [1.54, 1.807) is 24.3 Å². The first-order valence-corrected chi connectivity index (χ1v) is 8.82. The van der Waals surface area contributed by atoms with Crippen molar-refractivity contribution in [2.75, 3.05) is 11.4 Å². The van der Waals surface area contributed by atoms with Crippen molar-refractivity contribution >= 4 is 17.5 Å². The van der Waals surface area contributed by atoms with E-state index >= 15 is 0 Å². The SMILES string of the molecule is CCCc1[nH]nc2c1[C@@]1(C(=O)N(CC(N)=O)c3ccccc31)C(C#N)=C(N)O2. The van der Waals surface area contributed by atoms with E-state index in [0.717, 1.165) is 6.42 Å². The van der Waals surface area contributed by atoms with Gasteiger partial charge in [-0.15, -0.1) is 5.10 Å². The lowest BCUT2D eigenvalue weighted by molar-refractivity contribution is -0.123. The number of aromatic nitrogens is 2. The van der Waals surface area contributed by atoms with E-state index in [1.807, 2.05) is 6.92 Å². The van der Waals surface area contributed by atoms with Crippen LogP contribution < -0.4 is 21.1 Å². The second-order valence-electron chi connectivity index (χ2n) is 6.71. The summed E-state index contributed by atoms with van der Waals surface area (Å²) in [7, 11) is 0. The smallest absolute Gasteiger partial charge is 0.248 e. The summed E-state index contributed by atoms with van der Waals surface area (Å²) in [4.78, 5) is 26.7. The van der Waals surface area contributed by atoms with Gasteiger partial charge in [0.05, 0.1) is 5.56 Å². The van der Waals surface area contributed by atoms with Crippen molar-refractivity contribution in [3.05, 3.63) is 52.5 Å². The van der Waals surface area contributed by atoms with Gasteiger partial charge in [0.25, 0.3) is 0 Å². The largest absolute Gasteiger partial charge is 0.420 e. The average Bonchev–Trinajstić information content (AvgIpc) is 3.16. The lowest BCUT2D eigenvalue weighted by Crippen LogP contribution is -2.48. The molecule has 2 aliphatic heterocycles. The van der Waals surface area contributed by atoms with Crippen LogP contribution in [-0.4, -0.2) is 28.6 Å². The molecule has 1 spiro atoms. The summed E-state index contributed by atoms with van der Waals surface area (Å²) in [6, 6.07) is 9.03. The number of ether oxygens (including phenoxy) is 1. The lowest BCUT2D eigenvalue weighted by Gasteiger charge is -2.32. The number of benzene rings is 1. The van der Waals surface area contributed by atoms with Gasteiger partial charge in [-0.1, -0.05) is 31.5 Å². The van der Waals surface area contributed by atoms with Gasteiger partial charge >= 0.3 is 0 Å². The fraction of sp³-hybridized carbons (Fsp3) is 0.263. The molecule has 0 unspecified atom stereocenters. The summed E-state index contributed by atoms with van der Waals surface area (Å²) in [5.41, 5.74) is 12.0. The topological polar surface area (TPSA) is 151 Å². The van der Waals surface area contributed by atoms with Crippen LogP contribution in [0.2, 0.25) is 0 Å². The molecule has 4 rings (SSSR count). The summed E-state index contributed by atoms with van der Waals surface area (Å²) < 4.78 is 5.56. The summed E-state index contributed by atoms with van der Waals surface area (Å²) in [5.74, 6) is -1.17. The van der Waals surface area contributed by atoms with Crippen LogP contribution in [0.25, 0.3) is 0 Å². The molecule has 1 aromatic carbocycles. The number of carbonyl (C=O) groups is 2. The van der Waals surface area contributed by atoms with E-state index in [2.05, 4.69) is 16.3 Å². The van der Waals surface area contributed by atoms with E-state index in [-0.39, 0.29) is 23.9 Å². The first kappa shape index (κ1) is 17.6. The molecule has 1 atom stereocenters. The number of nitrogens with zero attached hydrogens (tertiary/aromatic N) is 3. The third-order valence-corrected chi connectivity index (χ3v) is 5.10. The number of carbonyl (C=O) groups excluding carboxylic acids is 2. The maximum absolute atomic E-state index is 13.8. The third kappa shape index (κ3) is 2.08. The van der Waals surface area contributed by atoms with Gasteiger partial charge in [-0.3, -0.25) is 14.7 Å². The van der Waals surface area contributed by atoms with E-state index in [0.29, 0.717) is 28.9 Å². The zero-order chi connectivity index (χ0) is 20.1. The Morgan fingerprint density at radius 3 is 2.86 bits per heavy atom. The highest BCUT2D eigenvalue weighted by Crippen LogP contribution is 2.55. The average molecular weight is 378 g/mol. The molecule has 5 N–H and O–H groups in total. The van der Waals surface area contributed by atoms with Crippen LogP contribution in [0.4, 0.5) is 5.69 Å². The van der Waals surface area contributed by atoms with Gasteiger partial charge in [-0.25, -0.2) is 0 Å². The van der Waals surface area contributed by atoms with Gasteiger partial charge in [-0.2, -0.15) is 5.26 Å². The van der Waals surface area contributed by atoms with Gasteiger partial charge in [0.2, 0.25) is 23.6 Å². The van der Waals surface area contributed by atoms with Crippen LogP contribution in [0.15, 0.2) is 35.7 Å². The third-order valence-electron chi connectivity index (χ3n) is 5.10. The minimum atomic E-state index is -1.53. The Labute approximate surface area is 160 Å². The summed E-state index contributed by atoms with van der Waals surface area (Å²) in [6.45, 7) is 1.68. The number of para-hydroxylation sites is 1. The Kier molecular flexibility index (Phi) is 3.85. The Morgan fingerprint density at radius 1 is 1.43 bits per heavy atom. The monoisotopic (exact) mass is 378 g/mol. The van der Waals surface area contributed by atoms with Crippen molar-refractivity contribution in [3.8, 4) is 11.9 Å². The maximum Gasteiger partial charge on any atom is 0.248 e. The molecule has 0 aliphatic carbocycles. The fourth-order valence-electron chi connectivity index (χ4n) is 4.10. The molecular weight excluding hydrogens is 360 g/mol. The van der Waals surface area contributed by atoms with E-state index in [9.17, 15) is 14.9 Å².